The van der Waals surface area contributed by atoms with E-state index in [1.54, 1.807) is 36.6 Å². The van der Waals surface area contributed by atoms with Crippen molar-refractivity contribution in [3.63, 3.8) is 0 Å². The Bertz CT molecular complexity index is 510. The van der Waals surface area contributed by atoms with Gasteiger partial charge in [0.1, 0.15) is 5.76 Å². The molecular formula is C12H10N2O3. The number of rotatable bonds is 4. The average Bonchev–Trinajstić information content (AvgIpc) is 3.01. The molecule has 0 atom stereocenters. The molecule has 2 rings (SSSR count). The molecule has 0 spiro atoms. The quantitative estimate of drug-likeness (QED) is 0.647. The maximum atomic E-state index is 11.3. The van der Waals surface area contributed by atoms with Crippen LogP contribution < -0.4 is 5.43 Å². The molecule has 0 fully saturated rings. The molecule has 0 aromatic carbocycles. The van der Waals surface area contributed by atoms with E-state index < -0.39 is 5.91 Å². The molecule has 5 nitrogen and oxygen atoms in total. The molecule has 0 radical (unpaired) electrons. The lowest BCUT2D eigenvalue weighted by molar-refractivity contribution is 0.0927. The molecular weight excluding hydrogens is 220 g/mol. The first-order chi connectivity index (χ1) is 8.36. The van der Waals surface area contributed by atoms with Gasteiger partial charge in [-0.25, -0.2) is 5.43 Å². The summed E-state index contributed by atoms with van der Waals surface area (Å²) in [7, 11) is 0. The molecule has 5 heteroatoms. The summed E-state index contributed by atoms with van der Waals surface area (Å²) in [6, 6.07) is 6.79. The van der Waals surface area contributed by atoms with Crippen molar-refractivity contribution >= 4 is 18.2 Å². The summed E-state index contributed by atoms with van der Waals surface area (Å²) >= 11 is 0. The van der Waals surface area contributed by atoms with Crippen LogP contribution in [0.3, 0.4) is 0 Å². The van der Waals surface area contributed by atoms with Crippen molar-refractivity contribution < 1.29 is 13.6 Å². The first kappa shape index (κ1) is 10.9. The Morgan fingerprint density at radius 1 is 1.24 bits per heavy atom. The van der Waals surface area contributed by atoms with Crippen molar-refractivity contribution in [1.29, 1.82) is 0 Å². The van der Waals surface area contributed by atoms with Crippen LogP contribution in [0.15, 0.2) is 56.8 Å². The van der Waals surface area contributed by atoms with Gasteiger partial charge in [0.15, 0.2) is 5.76 Å². The second-order valence-electron chi connectivity index (χ2n) is 3.07. The number of amides is 1. The molecule has 0 saturated heterocycles. The Labute approximate surface area is 97.4 Å². The SMILES string of the molecule is O=C(N/N=C/C=C/c1ccco1)c1ccco1. The zero-order chi connectivity index (χ0) is 11.9. The third-order valence-corrected chi connectivity index (χ3v) is 1.88. The van der Waals surface area contributed by atoms with Crippen LogP contribution in [-0.4, -0.2) is 12.1 Å². The third kappa shape index (κ3) is 3.20. The van der Waals surface area contributed by atoms with Gasteiger partial charge in [-0.2, -0.15) is 5.10 Å². The number of nitrogens with one attached hydrogen (secondary N) is 1. The van der Waals surface area contributed by atoms with Crippen LogP contribution in [0.1, 0.15) is 16.3 Å². The smallest absolute Gasteiger partial charge is 0.307 e. The van der Waals surface area contributed by atoms with Gasteiger partial charge < -0.3 is 8.83 Å². The van der Waals surface area contributed by atoms with Crippen molar-refractivity contribution in [2.24, 2.45) is 5.10 Å². The predicted molar refractivity (Wildman–Crippen MR) is 62.4 cm³/mol. The summed E-state index contributed by atoms with van der Waals surface area (Å²) in [5, 5.41) is 3.71. The van der Waals surface area contributed by atoms with Crippen LogP contribution in [0.4, 0.5) is 0 Å². The van der Waals surface area contributed by atoms with Crippen molar-refractivity contribution in [1.82, 2.24) is 5.43 Å². The van der Waals surface area contributed by atoms with E-state index in [4.69, 9.17) is 8.83 Å². The minimum absolute atomic E-state index is 0.220. The molecule has 0 aliphatic heterocycles. The normalized spacial score (nSPS) is 11.3. The summed E-state index contributed by atoms with van der Waals surface area (Å²) in [6.45, 7) is 0. The standard InChI is InChI=1S/C12H10N2O3/c15-12(11-6-3-9-17-11)14-13-7-1-4-10-5-2-8-16-10/h1-9H,(H,14,15)/b4-1+,13-7+. The average molecular weight is 230 g/mol. The monoisotopic (exact) mass is 230 g/mol. The Kier molecular flexibility index (Phi) is 3.54. The lowest BCUT2D eigenvalue weighted by atomic mass is 10.4. The first-order valence-electron chi connectivity index (χ1n) is 4.93. The highest BCUT2D eigenvalue weighted by atomic mass is 16.3. The third-order valence-electron chi connectivity index (χ3n) is 1.88. The van der Waals surface area contributed by atoms with E-state index in [1.165, 1.54) is 12.5 Å². The molecule has 1 N–H and O–H groups in total. The van der Waals surface area contributed by atoms with Gasteiger partial charge in [-0.3, -0.25) is 4.79 Å². The molecule has 2 aromatic heterocycles. The van der Waals surface area contributed by atoms with Gasteiger partial charge in [-0.15, -0.1) is 0 Å². The van der Waals surface area contributed by atoms with Gasteiger partial charge in [0.2, 0.25) is 0 Å². The van der Waals surface area contributed by atoms with Crippen LogP contribution in [0.5, 0.6) is 0 Å². The van der Waals surface area contributed by atoms with Crippen molar-refractivity contribution in [2.75, 3.05) is 0 Å². The van der Waals surface area contributed by atoms with Gasteiger partial charge in [-0.1, -0.05) is 0 Å². The van der Waals surface area contributed by atoms with Gasteiger partial charge in [0, 0.05) is 6.21 Å². The molecule has 0 unspecified atom stereocenters. The number of furan rings is 2. The largest absolute Gasteiger partial charge is 0.465 e. The molecule has 17 heavy (non-hydrogen) atoms. The number of hydrogen-bond donors (Lipinski definition) is 1. The van der Waals surface area contributed by atoms with E-state index in [0.29, 0.717) is 5.76 Å². The van der Waals surface area contributed by atoms with E-state index in [9.17, 15) is 4.79 Å². The van der Waals surface area contributed by atoms with E-state index in [-0.39, 0.29) is 5.76 Å². The van der Waals surface area contributed by atoms with Crippen LogP contribution >= 0.6 is 0 Å². The number of allylic oxidation sites excluding steroid dienone is 1. The number of carbonyl (C=O) groups is 1. The first-order valence-corrected chi connectivity index (χ1v) is 4.93. The van der Waals surface area contributed by atoms with Crippen molar-refractivity contribution in [3.05, 3.63) is 54.4 Å². The van der Waals surface area contributed by atoms with Crippen LogP contribution in [0.2, 0.25) is 0 Å². The summed E-state index contributed by atoms with van der Waals surface area (Å²) in [4.78, 5) is 11.3. The van der Waals surface area contributed by atoms with E-state index in [2.05, 4.69) is 10.5 Å². The topological polar surface area (TPSA) is 67.7 Å². The second kappa shape index (κ2) is 5.50. The Hall–Kier alpha value is -2.56. The minimum Gasteiger partial charge on any atom is -0.465 e. The van der Waals surface area contributed by atoms with Gasteiger partial charge in [0.25, 0.3) is 0 Å². The molecule has 2 heterocycles. The molecule has 0 aliphatic carbocycles. The number of hydrazone groups is 1. The lowest BCUT2D eigenvalue weighted by Crippen LogP contribution is -2.16. The van der Waals surface area contributed by atoms with Gasteiger partial charge in [0.05, 0.1) is 12.5 Å². The van der Waals surface area contributed by atoms with E-state index in [0.717, 1.165) is 0 Å². The Balaban J connectivity index is 1.80. The fourth-order valence-electron chi connectivity index (χ4n) is 1.13. The van der Waals surface area contributed by atoms with Crippen molar-refractivity contribution in [3.8, 4) is 0 Å². The number of hydrogen-bond acceptors (Lipinski definition) is 4. The molecule has 0 bridgehead atoms. The van der Waals surface area contributed by atoms with Crippen LogP contribution in [0.25, 0.3) is 6.08 Å². The second-order valence-corrected chi connectivity index (χ2v) is 3.07. The summed E-state index contributed by atoms with van der Waals surface area (Å²) in [5.41, 5.74) is 2.32. The molecule has 0 aliphatic rings. The maximum absolute atomic E-state index is 11.3. The summed E-state index contributed by atoms with van der Waals surface area (Å²) in [6.07, 6.45) is 7.83. The number of carbonyl (C=O) groups excluding carboxylic acids is 1. The van der Waals surface area contributed by atoms with Crippen LogP contribution in [0, 0.1) is 0 Å². The zero-order valence-corrected chi connectivity index (χ0v) is 8.87. The van der Waals surface area contributed by atoms with E-state index >= 15 is 0 Å². The highest BCUT2D eigenvalue weighted by Gasteiger charge is 2.05. The maximum Gasteiger partial charge on any atom is 0.307 e. The predicted octanol–water partition coefficient (Wildman–Crippen LogP) is 2.30. The molecule has 1 amide bonds. The molecule has 2 aromatic rings. The minimum atomic E-state index is -0.391. The van der Waals surface area contributed by atoms with Crippen molar-refractivity contribution in [2.45, 2.75) is 0 Å². The van der Waals surface area contributed by atoms with Crippen LogP contribution in [-0.2, 0) is 0 Å². The highest BCUT2D eigenvalue weighted by molar-refractivity contribution is 5.92. The van der Waals surface area contributed by atoms with Gasteiger partial charge >= 0.3 is 5.91 Å². The lowest BCUT2D eigenvalue weighted by Gasteiger charge is -1.92. The Morgan fingerprint density at radius 3 is 2.76 bits per heavy atom. The molecule has 86 valence electrons. The summed E-state index contributed by atoms with van der Waals surface area (Å²) < 4.78 is 9.96. The number of nitrogens with zero attached hydrogens (tertiary/aromatic N) is 1. The van der Waals surface area contributed by atoms with Gasteiger partial charge in [-0.05, 0) is 36.4 Å². The fourth-order valence-corrected chi connectivity index (χ4v) is 1.13. The highest BCUT2D eigenvalue weighted by Crippen LogP contribution is 2.01. The summed E-state index contributed by atoms with van der Waals surface area (Å²) in [5.74, 6) is 0.545. The zero-order valence-electron chi connectivity index (χ0n) is 8.87. The fraction of sp³-hybridized carbons (Fsp3) is 0. The molecule has 0 saturated carbocycles. The van der Waals surface area contributed by atoms with E-state index in [1.807, 2.05) is 6.07 Å². The Morgan fingerprint density at radius 2 is 2.06 bits per heavy atom.